The summed E-state index contributed by atoms with van der Waals surface area (Å²) in [5.74, 6) is -0.0588. The molecule has 0 spiro atoms. The van der Waals surface area contributed by atoms with Crippen LogP contribution in [0.4, 0.5) is 15.9 Å². The number of amides is 1. The quantitative estimate of drug-likeness (QED) is 0.582. The lowest BCUT2D eigenvalue weighted by Crippen LogP contribution is -2.39. The van der Waals surface area contributed by atoms with Crippen molar-refractivity contribution in [1.29, 1.82) is 0 Å². The highest BCUT2D eigenvalue weighted by atomic mass is 35.5. The summed E-state index contributed by atoms with van der Waals surface area (Å²) in [6, 6.07) is 14.3. The number of hydrogen-bond acceptors (Lipinski definition) is 5. The molecule has 4 rings (SSSR count). The molecule has 0 unspecified atom stereocenters. The van der Waals surface area contributed by atoms with Crippen LogP contribution in [0.25, 0.3) is 0 Å². The lowest BCUT2D eigenvalue weighted by molar-refractivity contribution is -0.120. The molecule has 1 amide bonds. The molecule has 2 aromatic carbocycles. The van der Waals surface area contributed by atoms with Gasteiger partial charge < -0.3 is 10.2 Å². The van der Waals surface area contributed by atoms with E-state index in [1.807, 2.05) is 30.3 Å². The third-order valence-corrected chi connectivity index (χ3v) is 6.18. The Kier molecular flexibility index (Phi) is 6.50. The number of carbonyl (C=O) groups is 1. The average Bonchev–Trinajstić information content (AvgIpc) is 2.77. The third kappa shape index (κ3) is 4.91. The van der Waals surface area contributed by atoms with Crippen molar-refractivity contribution >= 4 is 40.8 Å². The number of carbonyl (C=O) groups excluding carboxylic acids is 1. The lowest BCUT2D eigenvalue weighted by Gasteiger charge is -2.32. The Morgan fingerprint density at radius 3 is 2.57 bits per heavy atom. The van der Waals surface area contributed by atoms with E-state index in [0.717, 1.165) is 15.7 Å². The summed E-state index contributed by atoms with van der Waals surface area (Å²) in [6.45, 7) is 1.37. The van der Waals surface area contributed by atoms with E-state index < -0.39 is 5.82 Å². The summed E-state index contributed by atoms with van der Waals surface area (Å²) in [7, 11) is 0. The smallest absolute Gasteiger partial charge is 0.227 e. The van der Waals surface area contributed by atoms with Crippen LogP contribution >= 0.6 is 23.4 Å². The van der Waals surface area contributed by atoms with Gasteiger partial charge in [0.25, 0.3) is 0 Å². The van der Waals surface area contributed by atoms with Gasteiger partial charge >= 0.3 is 0 Å². The van der Waals surface area contributed by atoms with E-state index in [4.69, 9.17) is 11.6 Å². The largest absolute Gasteiger partial charge is 0.354 e. The van der Waals surface area contributed by atoms with Crippen LogP contribution in [0.15, 0.2) is 70.8 Å². The summed E-state index contributed by atoms with van der Waals surface area (Å²) < 4.78 is 14.0. The maximum atomic E-state index is 14.0. The Hall–Kier alpha value is -2.64. The van der Waals surface area contributed by atoms with Crippen molar-refractivity contribution in [2.75, 3.05) is 23.3 Å². The van der Waals surface area contributed by atoms with Crippen molar-refractivity contribution in [1.82, 2.24) is 9.97 Å². The molecule has 0 atom stereocenters. The van der Waals surface area contributed by atoms with Gasteiger partial charge in [0.1, 0.15) is 10.8 Å². The van der Waals surface area contributed by atoms with Gasteiger partial charge in [0.15, 0.2) is 5.82 Å². The van der Waals surface area contributed by atoms with Crippen LogP contribution < -0.4 is 10.2 Å². The van der Waals surface area contributed by atoms with Crippen LogP contribution in [0.5, 0.6) is 0 Å². The topological polar surface area (TPSA) is 58.1 Å². The number of piperidine rings is 1. The second kappa shape index (κ2) is 9.45. The molecular formula is C22H20ClFN4OS. The van der Waals surface area contributed by atoms with Crippen LogP contribution in [0.2, 0.25) is 5.02 Å². The number of benzene rings is 2. The molecule has 5 nitrogen and oxygen atoms in total. The number of aromatic nitrogens is 2. The van der Waals surface area contributed by atoms with Crippen LogP contribution in [0, 0.1) is 11.7 Å². The Morgan fingerprint density at radius 2 is 1.83 bits per heavy atom. The van der Waals surface area contributed by atoms with Crippen LogP contribution in [-0.2, 0) is 4.79 Å². The van der Waals surface area contributed by atoms with Gasteiger partial charge in [0.05, 0.1) is 5.69 Å². The van der Waals surface area contributed by atoms with E-state index in [1.54, 1.807) is 30.2 Å². The molecule has 1 aliphatic rings. The zero-order chi connectivity index (χ0) is 20.9. The van der Waals surface area contributed by atoms with Crippen molar-refractivity contribution in [3.05, 3.63) is 71.8 Å². The standard InChI is InChI=1S/C22H20ClFN4OS/c23-16-6-7-19(18(24)14-16)27-21(29)15-8-12-28(13-9-15)20-22(26-11-10-25-20)30-17-4-2-1-3-5-17/h1-7,10-11,14-15H,8-9,12-13H2,(H,27,29). The summed E-state index contributed by atoms with van der Waals surface area (Å²) in [4.78, 5) is 24.9. The molecule has 1 saturated heterocycles. The van der Waals surface area contributed by atoms with Crippen molar-refractivity contribution in [2.45, 2.75) is 22.8 Å². The Balaban J connectivity index is 1.39. The molecule has 154 valence electrons. The van der Waals surface area contributed by atoms with E-state index in [1.165, 1.54) is 12.1 Å². The molecule has 0 aliphatic carbocycles. The molecular weight excluding hydrogens is 423 g/mol. The van der Waals surface area contributed by atoms with Crippen LogP contribution in [0.1, 0.15) is 12.8 Å². The maximum absolute atomic E-state index is 14.0. The van der Waals surface area contributed by atoms with Gasteiger partial charge in [-0.25, -0.2) is 14.4 Å². The first-order chi connectivity index (χ1) is 14.6. The highest BCUT2D eigenvalue weighted by molar-refractivity contribution is 7.99. The van der Waals surface area contributed by atoms with E-state index in [0.29, 0.717) is 31.0 Å². The second-order valence-electron chi connectivity index (χ2n) is 6.97. The molecule has 3 aromatic rings. The SMILES string of the molecule is O=C(Nc1ccc(Cl)cc1F)C1CCN(c2nccnc2Sc2ccccc2)CC1. The van der Waals surface area contributed by atoms with Crippen molar-refractivity contribution in [2.24, 2.45) is 5.92 Å². The van der Waals surface area contributed by atoms with Gasteiger partial charge in [-0.1, -0.05) is 41.6 Å². The predicted molar refractivity (Wildman–Crippen MR) is 118 cm³/mol. The highest BCUT2D eigenvalue weighted by Gasteiger charge is 2.27. The second-order valence-corrected chi connectivity index (χ2v) is 8.47. The van der Waals surface area contributed by atoms with Gasteiger partial charge in [0, 0.05) is 41.3 Å². The molecule has 1 aliphatic heterocycles. The van der Waals surface area contributed by atoms with Gasteiger partial charge in [0.2, 0.25) is 5.91 Å². The molecule has 1 aromatic heterocycles. The van der Waals surface area contributed by atoms with E-state index >= 15 is 0 Å². The zero-order valence-corrected chi connectivity index (χ0v) is 17.7. The fraction of sp³-hybridized carbons (Fsp3) is 0.227. The minimum Gasteiger partial charge on any atom is -0.354 e. The van der Waals surface area contributed by atoms with Gasteiger partial charge in [-0.2, -0.15) is 0 Å². The molecule has 30 heavy (non-hydrogen) atoms. The van der Waals surface area contributed by atoms with Crippen molar-refractivity contribution in [3.8, 4) is 0 Å². The zero-order valence-electron chi connectivity index (χ0n) is 16.1. The van der Waals surface area contributed by atoms with Crippen molar-refractivity contribution < 1.29 is 9.18 Å². The van der Waals surface area contributed by atoms with E-state index in [2.05, 4.69) is 20.2 Å². The number of hydrogen-bond donors (Lipinski definition) is 1. The first kappa shape index (κ1) is 20.6. The molecule has 0 radical (unpaired) electrons. The lowest BCUT2D eigenvalue weighted by atomic mass is 9.96. The van der Waals surface area contributed by atoms with E-state index in [9.17, 15) is 9.18 Å². The average molecular weight is 443 g/mol. The third-order valence-electron chi connectivity index (χ3n) is 4.96. The summed E-state index contributed by atoms with van der Waals surface area (Å²) in [6.07, 6.45) is 4.70. The molecule has 8 heteroatoms. The Morgan fingerprint density at radius 1 is 1.10 bits per heavy atom. The van der Waals surface area contributed by atoms with Gasteiger partial charge in [-0.15, -0.1) is 0 Å². The highest BCUT2D eigenvalue weighted by Crippen LogP contribution is 2.34. The normalized spacial score (nSPS) is 14.5. The number of nitrogens with one attached hydrogen (secondary N) is 1. The molecule has 0 saturated carbocycles. The number of halogens is 2. The predicted octanol–water partition coefficient (Wildman–Crippen LogP) is 5.28. The molecule has 1 N–H and O–H groups in total. The summed E-state index contributed by atoms with van der Waals surface area (Å²) in [5.41, 5.74) is 0.155. The first-order valence-electron chi connectivity index (χ1n) is 9.65. The first-order valence-corrected chi connectivity index (χ1v) is 10.8. The fourth-order valence-electron chi connectivity index (χ4n) is 3.39. The number of nitrogens with zero attached hydrogens (tertiary/aromatic N) is 3. The molecule has 1 fully saturated rings. The molecule has 2 heterocycles. The van der Waals surface area contributed by atoms with Crippen LogP contribution in [-0.4, -0.2) is 29.0 Å². The minimum absolute atomic E-state index is 0.155. The van der Waals surface area contributed by atoms with Gasteiger partial charge in [-0.05, 0) is 43.2 Å². The molecule has 0 bridgehead atoms. The van der Waals surface area contributed by atoms with Gasteiger partial charge in [-0.3, -0.25) is 4.79 Å². The van der Waals surface area contributed by atoms with Crippen molar-refractivity contribution in [3.63, 3.8) is 0 Å². The Labute approximate surface area is 183 Å². The fourth-order valence-corrected chi connectivity index (χ4v) is 4.45. The maximum Gasteiger partial charge on any atom is 0.227 e. The monoisotopic (exact) mass is 442 g/mol. The number of anilines is 2. The van der Waals surface area contributed by atoms with E-state index in [-0.39, 0.29) is 17.5 Å². The number of rotatable bonds is 5. The summed E-state index contributed by atoms with van der Waals surface area (Å²) >= 11 is 7.34. The Bertz CT molecular complexity index is 1030. The van der Waals surface area contributed by atoms with Crippen LogP contribution in [0.3, 0.4) is 0 Å². The summed E-state index contributed by atoms with van der Waals surface area (Å²) in [5, 5.41) is 3.82. The minimum atomic E-state index is -0.532.